The Bertz CT molecular complexity index is 354. The van der Waals surface area contributed by atoms with Gasteiger partial charge in [-0.15, -0.1) is 0 Å². The van der Waals surface area contributed by atoms with E-state index in [1.165, 1.54) is 6.42 Å². The summed E-state index contributed by atoms with van der Waals surface area (Å²) in [4.78, 5) is 26.1. The second-order valence-electron chi connectivity index (χ2n) is 5.97. The fourth-order valence-corrected chi connectivity index (χ4v) is 3.65. The van der Waals surface area contributed by atoms with Crippen LogP contribution < -0.4 is 5.73 Å². The first kappa shape index (κ1) is 11.2. The summed E-state index contributed by atoms with van der Waals surface area (Å²) in [7, 11) is 0. The van der Waals surface area contributed by atoms with Crippen LogP contribution in [0.25, 0.3) is 0 Å². The summed E-state index contributed by atoms with van der Waals surface area (Å²) in [6.45, 7) is 0. The molecular formula is C13H20N2O2. The van der Waals surface area contributed by atoms with Gasteiger partial charge in [0.2, 0.25) is 11.8 Å². The number of likely N-dealkylation sites (tertiary alicyclic amines) is 1. The van der Waals surface area contributed by atoms with Gasteiger partial charge in [0.15, 0.2) is 0 Å². The summed E-state index contributed by atoms with van der Waals surface area (Å²) in [5.74, 6) is 0.160. The zero-order valence-electron chi connectivity index (χ0n) is 10.2. The average Bonchev–Trinajstić information content (AvgIpc) is 2.49. The summed E-state index contributed by atoms with van der Waals surface area (Å²) in [6, 6.07) is 0.287. The minimum absolute atomic E-state index is 0.0498. The third-order valence-electron chi connectivity index (χ3n) is 4.76. The number of imide groups is 1. The van der Waals surface area contributed by atoms with Crippen LogP contribution in [-0.2, 0) is 9.59 Å². The maximum Gasteiger partial charge on any atom is 0.236 e. The Morgan fingerprint density at radius 2 is 1.76 bits per heavy atom. The molecule has 0 atom stereocenters. The topological polar surface area (TPSA) is 63.4 Å². The normalized spacial score (nSPS) is 36.4. The van der Waals surface area contributed by atoms with E-state index in [1.54, 1.807) is 4.90 Å². The Hall–Kier alpha value is -0.900. The molecule has 3 rings (SSSR count). The molecule has 2 aliphatic carbocycles. The zero-order valence-corrected chi connectivity index (χ0v) is 10.2. The van der Waals surface area contributed by atoms with Crippen molar-refractivity contribution in [1.29, 1.82) is 0 Å². The van der Waals surface area contributed by atoms with Crippen molar-refractivity contribution in [1.82, 2.24) is 4.90 Å². The van der Waals surface area contributed by atoms with Gasteiger partial charge in [0, 0.05) is 18.5 Å². The van der Waals surface area contributed by atoms with Crippen molar-refractivity contribution < 1.29 is 9.59 Å². The summed E-state index contributed by atoms with van der Waals surface area (Å²) < 4.78 is 0. The van der Waals surface area contributed by atoms with E-state index in [2.05, 4.69) is 0 Å². The second-order valence-corrected chi connectivity index (χ2v) is 5.97. The van der Waals surface area contributed by atoms with Crippen LogP contribution in [0.2, 0.25) is 0 Å². The van der Waals surface area contributed by atoms with Crippen LogP contribution >= 0.6 is 0 Å². The molecule has 1 aliphatic heterocycles. The molecule has 2 N–H and O–H groups in total. The highest BCUT2D eigenvalue weighted by molar-refractivity contribution is 6.06. The molecule has 0 aromatic heterocycles. The van der Waals surface area contributed by atoms with Crippen molar-refractivity contribution in [3.05, 3.63) is 0 Å². The minimum atomic E-state index is -0.324. The molecule has 0 bridgehead atoms. The van der Waals surface area contributed by atoms with Crippen molar-refractivity contribution >= 4 is 11.8 Å². The van der Waals surface area contributed by atoms with Crippen LogP contribution in [0.1, 0.15) is 51.4 Å². The first-order valence-corrected chi connectivity index (χ1v) is 6.74. The molecule has 4 heteroatoms. The number of nitrogens with two attached hydrogens (primary N) is 1. The van der Waals surface area contributed by atoms with E-state index >= 15 is 0 Å². The minimum Gasteiger partial charge on any atom is -0.328 e. The van der Waals surface area contributed by atoms with Gasteiger partial charge in [-0.25, -0.2) is 0 Å². The Kier molecular flexibility index (Phi) is 2.51. The van der Waals surface area contributed by atoms with Gasteiger partial charge in [0.05, 0.1) is 5.41 Å². The fraction of sp³-hybridized carbons (Fsp3) is 0.846. The highest BCUT2D eigenvalue weighted by Gasteiger charge is 2.54. The highest BCUT2D eigenvalue weighted by Crippen LogP contribution is 2.47. The van der Waals surface area contributed by atoms with E-state index < -0.39 is 0 Å². The third kappa shape index (κ3) is 1.61. The van der Waals surface area contributed by atoms with Gasteiger partial charge in [-0.2, -0.15) is 0 Å². The van der Waals surface area contributed by atoms with Gasteiger partial charge in [-0.1, -0.05) is 19.3 Å². The quantitative estimate of drug-likeness (QED) is 0.695. The molecular weight excluding hydrogens is 216 g/mol. The molecule has 0 radical (unpaired) electrons. The number of hydrogen-bond acceptors (Lipinski definition) is 3. The maximum absolute atomic E-state index is 12.5. The van der Waals surface area contributed by atoms with Gasteiger partial charge in [-0.05, 0) is 25.7 Å². The summed E-state index contributed by atoms with van der Waals surface area (Å²) in [6.07, 6.45) is 7.27. The van der Waals surface area contributed by atoms with E-state index in [9.17, 15) is 9.59 Å². The molecule has 1 saturated heterocycles. The molecule has 0 aromatic carbocycles. The first-order valence-electron chi connectivity index (χ1n) is 6.74. The molecule has 3 fully saturated rings. The molecule has 2 amide bonds. The lowest BCUT2D eigenvalue weighted by molar-refractivity contribution is -0.147. The predicted molar refractivity (Wildman–Crippen MR) is 63.0 cm³/mol. The van der Waals surface area contributed by atoms with Crippen LogP contribution in [0.5, 0.6) is 0 Å². The lowest BCUT2D eigenvalue weighted by atomic mass is 9.73. The Morgan fingerprint density at radius 3 is 2.35 bits per heavy atom. The Morgan fingerprint density at radius 1 is 1.12 bits per heavy atom. The van der Waals surface area contributed by atoms with E-state index in [1.807, 2.05) is 0 Å². The molecule has 1 heterocycles. The molecule has 3 aliphatic rings. The van der Waals surface area contributed by atoms with Crippen LogP contribution in [0, 0.1) is 5.41 Å². The van der Waals surface area contributed by atoms with Gasteiger partial charge in [-0.3, -0.25) is 14.5 Å². The van der Waals surface area contributed by atoms with E-state index in [4.69, 9.17) is 5.73 Å². The molecule has 2 saturated carbocycles. The molecule has 94 valence electrons. The lowest BCUT2D eigenvalue weighted by Crippen LogP contribution is -2.53. The van der Waals surface area contributed by atoms with Crippen LogP contribution in [-0.4, -0.2) is 28.8 Å². The van der Waals surface area contributed by atoms with Crippen molar-refractivity contribution in [2.75, 3.05) is 0 Å². The van der Waals surface area contributed by atoms with Gasteiger partial charge >= 0.3 is 0 Å². The SMILES string of the molecule is NC1CC(N2C(=O)CC3(CCCCC3)C2=O)C1. The summed E-state index contributed by atoms with van der Waals surface area (Å²) >= 11 is 0. The van der Waals surface area contributed by atoms with E-state index in [0.29, 0.717) is 6.42 Å². The van der Waals surface area contributed by atoms with E-state index in [0.717, 1.165) is 38.5 Å². The van der Waals surface area contributed by atoms with E-state index in [-0.39, 0.29) is 29.3 Å². The largest absolute Gasteiger partial charge is 0.328 e. The van der Waals surface area contributed by atoms with Crippen LogP contribution in [0.4, 0.5) is 0 Å². The Labute approximate surface area is 102 Å². The van der Waals surface area contributed by atoms with Crippen molar-refractivity contribution in [2.24, 2.45) is 11.1 Å². The fourth-order valence-electron chi connectivity index (χ4n) is 3.65. The highest BCUT2D eigenvalue weighted by atomic mass is 16.2. The number of hydrogen-bond donors (Lipinski definition) is 1. The summed E-state index contributed by atoms with van der Waals surface area (Å²) in [5, 5.41) is 0. The second kappa shape index (κ2) is 3.80. The van der Waals surface area contributed by atoms with Crippen LogP contribution in [0.3, 0.4) is 0 Å². The number of rotatable bonds is 1. The number of amides is 2. The first-order chi connectivity index (χ1) is 8.12. The zero-order chi connectivity index (χ0) is 12.0. The molecule has 0 aromatic rings. The van der Waals surface area contributed by atoms with Gasteiger partial charge < -0.3 is 5.73 Å². The molecule has 0 unspecified atom stereocenters. The molecule has 4 nitrogen and oxygen atoms in total. The van der Waals surface area contributed by atoms with Crippen molar-refractivity contribution in [3.63, 3.8) is 0 Å². The van der Waals surface area contributed by atoms with Gasteiger partial charge in [0.25, 0.3) is 0 Å². The predicted octanol–water partition coefficient (Wildman–Crippen LogP) is 1.19. The molecule has 17 heavy (non-hydrogen) atoms. The maximum atomic E-state index is 12.5. The standard InChI is InChI=1S/C13H20N2O2/c14-9-6-10(7-9)15-11(16)8-13(12(15)17)4-2-1-3-5-13/h9-10H,1-8,14H2. The van der Waals surface area contributed by atoms with Crippen molar-refractivity contribution in [3.8, 4) is 0 Å². The molecule has 1 spiro atoms. The number of carbonyl (C=O) groups is 2. The average molecular weight is 236 g/mol. The number of nitrogens with zero attached hydrogens (tertiary/aromatic N) is 1. The summed E-state index contributed by atoms with van der Waals surface area (Å²) in [5.41, 5.74) is 5.42. The number of carbonyl (C=O) groups excluding carboxylic acids is 2. The Balaban J connectivity index is 1.78. The smallest absolute Gasteiger partial charge is 0.236 e. The lowest BCUT2D eigenvalue weighted by Gasteiger charge is -2.39. The van der Waals surface area contributed by atoms with Gasteiger partial charge in [0.1, 0.15) is 0 Å². The van der Waals surface area contributed by atoms with Crippen molar-refractivity contribution in [2.45, 2.75) is 63.5 Å². The monoisotopic (exact) mass is 236 g/mol. The van der Waals surface area contributed by atoms with Crippen LogP contribution in [0.15, 0.2) is 0 Å². The third-order valence-corrected chi connectivity index (χ3v) is 4.76.